The highest BCUT2D eigenvalue weighted by Crippen LogP contribution is 2.41. The van der Waals surface area contributed by atoms with Gasteiger partial charge in [0.1, 0.15) is 9.71 Å². The van der Waals surface area contributed by atoms with Gasteiger partial charge in [0, 0.05) is 28.9 Å². The monoisotopic (exact) mass is 396 g/mol. The number of primary amides is 1. The Bertz CT molecular complexity index is 1390. The number of benzene rings is 2. The second kappa shape index (κ2) is 6.68. The number of fused-ring (bicyclic) bond motifs is 2. The summed E-state index contributed by atoms with van der Waals surface area (Å²) >= 11 is 1.22. The topological polar surface area (TPSA) is 94.9 Å². The summed E-state index contributed by atoms with van der Waals surface area (Å²) in [6.07, 6.45) is 3.50. The molecule has 6 heteroatoms. The summed E-state index contributed by atoms with van der Waals surface area (Å²) in [5.41, 5.74) is 15.8. The maximum Gasteiger partial charge on any atom is 0.260 e. The maximum absolute atomic E-state index is 11.9. The molecule has 3 aromatic heterocycles. The largest absolute Gasteiger partial charge is 0.397 e. The summed E-state index contributed by atoms with van der Waals surface area (Å²) in [5.74, 6) is -0.547. The zero-order valence-corrected chi connectivity index (χ0v) is 16.1. The lowest BCUT2D eigenvalue weighted by atomic mass is 9.97. The van der Waals surface area contributed by atoms with E-state index < -0.39 is 5.91 Å². The van der Waals surface area contributed by atoms with E-state index in [1.54, 1.807) is 12.4 Å². The van der Waals surface area contributed by atoms with Crippen molar-refractivity contribution in [3.05, 3.63) is 77.9 Å². The molecule has 0 aliphatic heterocycles. The number of pyridine rings is 2. The zero-order chi connectivity index (χ0) is 20.0. The van der Waals surface area contributed by atoms with Crippen molar-refractivity contribution in [2.75, 3.05) is 5.73 Å². The molecule has 0 fully saturated rings. The molecule has 2 aromatic carbocycles. The van der Waals surface area contributed by atoms with Gasteiger partial charge in [0.2, 0.25) is 0 Å². The Morgan fingerprint density at radius 1 is 0.966 bits per heavy atom. The molecule has 0 bridgehead atoms. The van der Waals surface area contributed by atoms with Crippen molar-refractivity contribution < 1.29 is 4.79 Å². The van der Waals surface area contributed by atoms with Crippen LogP contribution in [0.15, 0.2) is 73.1 Å². The zero-order valence-electron chi connectivity index (χ0n) is 15.3. The Morgan fingerprint density at radius 2 is 1.79 bits per heavy atom. The van der Waals surface area contributed by atoms with Gasteiger partial charge in [-0.2, -0.15) is 0 Å². The first-order valence-electron chi connectivity index (χ1n) is 9.05. The Balaban J connectivity index is 1.88. The van der Waals surface area contributed by atoms with Gasteiger partial charge in [0.15, 0.2) is 0 Å². The molecule has 5 aromatic rings. The molecule has 1 amide bonds. The van der Waals surface area contributed by atoms with Gasteiger partial charge in [-0.15, -0.1) is 11.3 Å². The molecule has 5 rings (SSSR count). The Hall–Kier alpha value is -3.77. The van der Waals surface area contributed by atoms with Gasteiger partial charge in [0.25, 0.3) is 5.91 Å². The number of nitrogens with two attached hydrogens (primary N) is 2. The molecular weight excluding hydrogens is 380 g/mol. The number of hydrogen-bond acceptors (Lipinski definition) is 5. The van der Waals surface area contributed by atoms with Crippen molar-refractivity contribution in [2.45, 2.75) is 0 Å². The van der Waals surface area contributed by atoms with Crippen LogP contribution in [0, 0.1) is 0 Å². The second-order valence-electron chi connectivity index (χ2n) is 6.71. The number of thiophene rings is 1. The third kappa shape index (κ3) is 2.81. The predicted octanol–water partition coefficient (Wildman–Crippen LogP) is 4.86. The van der Waals surface area contributed by atoms with Crippen LogP contribution in [0.1, 0.15) is 9.67 Å². The van der Waals surface area contributed by atoms with Gasteiger partial charge in [-0.3, -0.25) is 9.78 Å². The number of hydrogen-bond donors (Lipinski definition) is 2. The van der Waals surface area contributed by atoms with Gasteiger partial charge < -0.3 is 11.5 Å². The Morgan fingerprint density at radius 3 is 2.59 bits per heavy atom. The average molecular weight is 396 g/mol. The van der Waals surface area contributed by atoms with E-state index in [0.717, 1.165) is 38.5 Å². The molecule has 0 atom stereocenters. The van der Waals surface area contributed by atoms with Crippen molar-refractivity contribution in [1.29, 1.82) is 0 Å². The summed E-state index contributed by atoms with van der Waals surface area (Å²) < 4.78 is 0. The summed E-state index contributed by atoms with van der Waals surface area (Å²) in [4.78, 5) is 22.0. The minimum Gasteiger partial charge on any atom is -0.397 e. The van der Waals surface area contributed by atoms with Crippen LogP contribution in [-0.2, 0) is 0 Å². The quantitative estimate of drug-likeness (QED) is 0.455. The molecule has 140 valence electrons. The highest BCUT2D eigenvalue weighted by molar-refractivity contribution is 7.21. The average Bonchev–Trinajstić information content (AvgIpc) is 3.10. The minimum atomic E-state index is -0.547. The van der Waals surface area contributed by atoms with E-state index in [1.807, 2.05) is 36.4 Å². The third-order valence-electron chi connectivity index (χ3n) is 4.96. The maximum atomic E-state index is 11.9. The summed E-state index contributed by atoms with van der Waals surface area (Å²) in [5, 5.41) is 2.98. The molecule has 5 nitrogen and oxygen atoms in total. The fraction of sp³-hybridized carbons (Fsp3) is 0. The van der Waals surface area contributed by atoms with Crippen molar-refractivity contribution in [1.82, 2.24) is 9.97 Å². The van der Waals surface area contributed by atoms with Crippen molar-refractivity contribution in [3.8, 4) is 22.4 Å². The van der Waals surface area contributed by atoms with Gasteiger partial charge in [-0.05, 0) is 28.5 Å². The van der Waals surface area contributed by atoms with Gasteiger partial charge in [-0.1, -0.05) is 48.5 Å². The summed E-state index contributed by atoms with van der Waals surface area (Å²) in [6, 6.07) is 20.2. The molecule has 0 aliphatic rings. The van der Waals surface area contributed by atoms with Crippen molar-refractivity contribution in [3.63, 3.8) is 0 Å². The molecule has 0 radical (unpaired) electrons. The van der Waals surface area contributed by atoms with Crippen LogP contribution in [0.3, 0.4) is 0 Å². The standard InChI is InChI=1S/C23H16N4OS/c24-20-19-17(14-7-4-10-26-12-14)11-18(27-23(19)29-21(20)22(25)28)16-9-3-6-13-5-1-2-8-15(13)16/h1-12H,24H2,(H2,25,28). The number of carbonyl (C=O) groups excluding carboxylic acids is 1. The van der Waals surface area contributed by atoms with E-state index in [2.05, 4.69) is 29.2 Å². The number of carbonyl (C=O) groups is 1. The van der Waals surface area contributed by atoms with Crippen LogP contribution in [-0.4, -0.2) is 15.9 Å². The number of amides is 1. The highest BCUT2D eigenvalue weighted by atomic mass is 32.1. The van der Waals surface area contributed by atoms with E-state index in [-0.39, 0.29) is 0 Å². The first-order chi connectivity index (χ1) is 14.1. The second-order valence-corrected chi connectivity index (χ2v) is 7.71. The SMILES string of the molecule is NC(=O)c1sc2nc(-c3cccc4ccccc34)cc(-c3cccnc3)c2c1N. The number of anilines is 1. The van der Waals surface area contributed by atoms with E-state index >= 15 is 0 Å². The van der Waals surface area contributed by atoms with E-state index in [9.17, 15) is 4.79 Å². The number of rotatable bonds is 3. The van der Waals surface area contributed by atoms with E-state index in [4.69, 9.17) is 16.5 Å². The fourth-order valence-electron chi connectivity index (χ4n) is 3.64. The van der Waals surface area contributed by atoms with Crippen LogP contribution in [0.2, 0.25) is 0 Å². The predicted molar refractivity (Wildman–Crippen MR) is 119 cm³/mol. The number of nitrogen functional groups attached to an aromatic ring is 1. The van der Waals surface area contributed by atoms with Crippen LogP contribution in [0.5, 0.6) is 0 Å². The van der Waals surface area contributed by atoms with E-state index in [1.165, 1.54) is 11.3 Å². The number of nitrogens with zero attached hydrogens (tertiary/aromatic N) is 2. The molecule has 4 N–H and O–H groups in total. The van der Waals surface area contributed by atoms with Gasteiger partial charge in [-0.25, -0.2) is 4.98 Å². The Labute approximate surface area is 170 Å². The summed E-state index contributed by atoms with van der Waals surface area (Å²) in [7, 11) is 0. The molecular formula is C23H16N4OS. The first-order valence-corrected chi connectivity index (χ1v) is 9.86. The molecule has 29 heavy (non-hydrogen) atoms. The smallest absolute Gasteiger partial charge is 0.260 e. The molecule has 0 unspecified atom stereocenters. The lowest BCUT2D eigenvalue weighted by Crippen LogP contribution is -2.10. The molecule has 3 heterocycles. The van der Waals surface area contributed by atoms with Crippen LogP contribution >= 0.6 is 11.3 Å². The van der Waals surface area contributed by atoms with Crippen molar-refractivity contribution in [2.24, 2.45) is 5.73 Å². The first kappa shape index (κ1) is 17.3. The van der Waals surface area contributed by atoms with Crippen LogP contribution in [0.25, 0.3) is 43.4 Å². The van der Waals surface area contributed by atoms with Crippen LogP contribution in [0.4, 0.5) is 5.69 Å². The Kier molecular flexibility index (Phi) is 4.00. The lowest BCUT2D eigenvalue weighted by molar-refractivity contribution is 0.100. The third-order valence-corrected chi connectivity index (χ3v) is 6.07. The normalized spacial score (nSPS) is 11.2. The lowest BCUT2D eigenvalue weighted by Gasteiger charge is -2.10. The van der Waals surface area contributed by atoms with E-state index in [0.29, 0.717) is 15.4 Å². The molecule has 0 saturated heterocycles. The van der Waals surface area contributed by atoms with Gasteiger partial charge >= 0.3 is 0 Å². The van der Waals surface area contributed by atoms with Gasteiger partial charge in [0.05, 0.1) is 11.4 Å². The van der Waals surface area contributed by atoms with Crippen LogP contribution < -0.4 is 11.5 Å². The summed E-state index contributed by atoms with van der Waals surface area (Å²) in [6.45, 7) is 0. The molecule has 0 spiro atoms. The highest BCUT2D eigenvalue weighted by Gasteiger charge is 2.20. The molecule has 0 aliphatic carbocycles. The number of aromatic nitrogens is 2. The molecule has 0 saturated carbocycles. The minimum absolute atomic E-state index is 0.327. The fourth-order valence-corrected chi connectivity index (χ4v) is 4.61. The van der Waals surface area contributed by atoms with Crippen molar-refractivity contribution >= 4 is 43.9 Å².